The Bertz CT molecular complexity index is 665. The zero-order valence-electron chi connectivity index (χ0n) is 9.71. The van der Waals surface area contributed by atoms with Crippen LogP contribution < -0.4 is 5.32 Å². The number of rotatable bonds is 3. The number of aromatic amines is 1. The lowest BCUT2D eigenvalue weighted by molar-refractivity contribution is 0.881. The first-order valence-corrected chi connectivity index (χ1v) is 5.92. The van der Waals surface area contributed by atoms with E-state index < -0.39 is 0 Å². The predicted octanol–water partition coefficient (Wildman–Crippen LogP) is 2.66. The van der Waals surface area contributed by atoms with Crippen LogP contribution in [0, 0.1) is 0 Å². The fourth-order valence-corrected chi connectivity index (χ4v) is 1.76. The standard InChI is InChI=1S/C12H9ClN6/c13-8-3-5-9(6-4-8)15-11-10(2-1-7-14-11)12-16-18-19-17-12/h1-7H,(H,14,15)(H,16,17,18,19). The number of pyridine rings is 1. The van der Waals surface area contributed by atoms with Gasteiger partial charge in [-0.1, -0.05) is 11.6 Å². The van der Waals surface area contributed by atoms with E-state index in [4.69, 9.17) is 11.6 Å². The number of hydrogen-bond acceptors (Lipinski definition) is 5. The van der Waals surface area contributed by atoms with E-state index in [1.165, 1.54) is 0 Å². The molecule has 3 rings (SSSR count). The zero-order valence-corrected chi connectivity index (χ0v) is 10.5. The second kappa shape index (κ2) is 5.03. The number of nitrogens with zero attached hydrogens (tertiary/aromatic N) is 4. The molecule has 2 aromatic heterocycles. The Labute approximate surface area is 113 Å². The van der Waals surface area contributed by atoms with E-state index in [0.717, 1.165) is 11.3 Å². The Morgan fingerprint density at radius 1 is 1.11 bits per heavy atom. The van der Waals surface area contributed by atoms with Crippen molar-refractivity contribution < 1.29 is 0 Å². The minimum Gasteiger partial charge on any atom is -0.340 e. The number of nitrogens with one attached hydrogen (secondary N) is 2. The van der Waals surface area contributed by atoms with Crippen LogP contribution in [0.3, 0.4) is 0 Å². The third-order valence-corrected chi connectivity index (χ3v) is 2.75. The molecular formula is C12H9ClN6. The number of H-pyrrole nitrogens is 1. The molecule has 94 valence electrons. The summed E-state index contributed by atoms with van der Waals surface area (Å²) < 4.78 is 0. The van der Waals surface area contributed by atoms with Gasteiger partial charge in [0.15, 0.2) is 0 Å². The Kier molecular flexibility index (Phi) is 3.07. The molecule has 2 N–H and O–H groups in total. The lowest BCUT2D eigenvalue weighted by Gasteiger charge is -2.08. The molecule has 2 heterocycles. The summed E-state index contributed by atoms with van der Waals surface area (Å²) in [5, 5.41) is 17.8. The van der Waals surface area contributed by atoms with Gasteiger partial charge in [0.05, 0.1) is 5.56 Å². The summed E-state index contributed by atoms with van der Waals surface area (Å²) in [5.74, 6) is 1.15. The fraction of sp³-hybridized carbons (Fsp3) is 0. The largest absolute Gasteiger partial charge is 0.340 e. The molecule has 3 aromatic rings. The highest BCUT2D eigenvalue weighted by Gasteiger charge is 2.10. The van der Waals surface area contributed by atoms with Crippen molar-refractivity contribution in [1.29, 1.82) is 0 Å². The maximum Gasteiger partial charge on any atom is 0.208 e. The first kappa shape index (κ1) is 11.6. The van der Waals surface area contributed by atoms with Gasteiger partial charge in [0.2, 0.25) is 5.82 Å². The SMILES string of the molecule is Clc1ccc(Nc2ncccc2-c2nn[nH]n2)cc1. The number of aromatic nitrogens is 5. The first-order chi connectivity index (χ1) is 9.33. The van der Waals surface area contributed by atoms with Gasteiger partial charge in [-0.2, -0.15) is 5.21 Å². The van der Waals surface area contributed by atoms with Crippen molar-refractivity contribution in [3.8, 4) is 11.4 Å². The number of anilines is 2. The maximum atomic E-state index is 5.85. The monoisotopic (exact) mass is 272 g/mol. The molecule has 0 spiro atoms. The van der Waals surface area contributed by atoms with Crippen LogP contribution in [0.25, 0.3) is 11.4 Å². The van der Waals surface area contributed by atoms with Crippen LogP contribution in [0.2, 0.25) is 5.02 Å². The third kappa shape index (κ3) is 2.53. The van der Waals surface area contributed by atoms with Gasteiger partial charge in [0.1, 0.15) is 5.82 Å². The Morgan fingerprint density at radius 2 is 1.95 bits per heavy atom. The van der Waals surface area contributed by atoms with E-state index in [2.05, 4.69) is 30.9 Å². The van der Waals surface area contributed by atoms with Crippen molar-refractivity contribution in [2.75, 3.05) is 5.32 Å². The van der Waals surface area contributed by atoms with Crippen LogP contribution in [-0.2, 0) is 0 Å². The van der Waals surface area contributed by atoms with E-state index >= 15 is 0 Å². The van der Waals surface area contributed by atoms with Crippen LogP contribution in [0.4, 0.5) is 11.5 Å². The average Bonchev–Trinajstić information content (AvgIpc) is 2.96. The summed E-state index contributed by atoms with van der Waals surface area (Å²) >= 11 is 5.85. The molecule has 0 atom stereocenters. The predicted molar refractivity (Wildman–Crippen MR) is 72.1 cm³/mol. The summed E-state index contributed by atoms with van der Waals surface area (Å²) in [6.45, 7) is 0. The maximum absolute atomic E-state index is 5.85. The lowest BCUT2D eigenvalue weighted by Crippen LogP contribution is -1.96. The highest BCUT2D eigenvalue weighted by molar-refractivity contribution is 6.30. The first-order valence-electron chi connectivity index (χ1n) is 5.54. The van der Waals surface area contributed by atoms with Gasteiger partial charge in [0.25, 0.3) is 0 Å². The van der Waals surface area contributed by atoms with Gasteiger partial charge in [-0.15, -0.1) is 10.2 Å². The number of benzene rings is 1. The van der Waals surface area contributed by atoms with Gasteiger partial charge in [-0.25, -0.2) is 4.98 Å². The minimum absolute atomic E-state index is 0.490. The fourth-order valence-electron chi connectivity index (χ4n) is 1.63. The van der Waals surface area contributed by atoms with E-state index in [-0.39, 0.29) is 0 Å². The molecule has 0 amide bonds. The van der Waals surface area contributed by atoms with Crippen LogP contribution in [-0.4, -0.2) is 25.6 Å². The molecular weight excluding hydrogens is 264 g/mol. The normalized spacial score (nSPS) is 10.4. The van der Waals surface area contributed by atoms with Crippen molar-refractivity contribution >= 4 is 23.1 Å². The summed E-state index contributed by atoms with van der Waals surface area (Å²) in [5.41, 5.74) is 1.65. The third-order valence-electron chi connectivity index (χ3n) is 2.50. The summed E-state index contributed by atoms with van der Waals surface area (Å²) in [6, 6.07) is 11.0. The quantitative estimate of drug-likeness (QED) is 0.766. The second-order valence-corrected chi connectivity index (χ2v) is 4.20. The molecule has 0 aliphatic heterocycles. The zero-order chi connectivity index (χ0) is 13.1. The Morgan fingerprint density at radius 3 is 2.68 bits per heavy atom. The van der Waals surface area contributed by atoms with Gasteiger partial charge >= 0.3 is 0 Å². The molecule has 0 radical (unpaired) electrons. The van der Waals surface area contributed by atoms with Crippen molar-refractivity contribution in [2.45, 2.75) is 0 Å². The molecule has 0 aliphatic carbocycles. The van der Waals surface area contributed by atoms with Crippen molar-refractivity contribution in [2.24, 2.45) is 0 Å². The highest BCUT2D eigenvalue weighted by atomic mass is 35.5. The van der Waals surface area contributed by atoms with E-state index in [1.54, 1.807) is 18.3 Å². The Hall–Kier alpha value is -2.47. The van der Waals surface area contributed by atoms with Gasteiger partial charge in [0, 0.05) is 16.9 Å². The summed E-state index contributed by atoms with van der Waals surface area (Å²) in [7, 11) is 0. The van der Waals surface area contributed by atoms with E-state index in [9.17, 15) is 0 Å². The lowest BCUT2D eigenvalue weighted by atomic mass is 10.2. The van der Waals surface area contributed by atoms with Crippen molar-refractivity contribution in [3.63, 3.8) is 0 Å². The highest BCUT2D eigenvalue weighted by Crippen LogP contribution is 2.25. The molecule has 0 bridgehead atoms. The van der Waals surface area contributed by atoms with Crippen LogP contribution in [0.1, 0.15) is 0 Å². The van der Waals surface area contributed by atoms with Crippen molar-refractivity contribution in [1.82, 2.24) is 25.6 Å². The van der Waals surface area contributed by atoms with Crippen LogP contribution in [0.15, 0.2) is 42.6 Å². The molecule has 7 heteroatoms. The molecule has 19 heavy (non-hydrogen) atoms. The summed E-state index contributed by atoms with van der Waals surface area (Å²) in [4.78, 5) is 4.29. The molecule has 0 aliphatic rings. The molecule has 0 unspecified atom stereocenters. The van der Waals surface area contributed by atoms with Gasteiger partial charge < -0.3 is 5.32 Å². The minimum atomic E-state index is 0.490. The van der Waals surface area contributed by atoms with Crippen LogP contribution in [0.5, 0.6) is 0 Å². The van der Waals surface area contributed by atoms with E-state index in [1.807, 2.05) is 24.3 Å². The summed E-state index contributed by atoms with van der Waals surface area (Å²) in [6.07, 6.45) is 1.70. The average molecular weight is 273 g/mol. The molecule has 0 saturated heterocycles. The second-order valence-electron chi connectivity index (χ2n) is 3.77. The molecule has 0 fully saturated rings. The number of halogens is 1. The van der Waals surface area contributed by atoms with Gasteiger partial charge in [-0.3, -0.25) is 0 Å². The molecule has 1 aromatic carbocycles. The van der Waals surface area contributed by atoms with E-state index in [0.29, 0.717) is 16.7 Å². The molecule has 0 saturated carbocycles. The van der Waals surface area contributed by atoms with Crippen LogP contribution >= 0.6 is 11.6 Å². The molecule has 6 nitrogen and oxygen atoms in total. The topological polar surface area (TPSA) is 79.4 Å². The Balaban J connectivity index is 1.95. The smallest absolute Gasteiger partial charge is 0.208 e. The number of tetrazole rings is 1. The number of hydrogen-bond donors (Lipinski definition) is 2. The van der Waals surface area contributed by atoms with Gasteiger partial charge in [-0.05, 0) is 41.6 Å². The van der Waals surface area contributed by atoms with Crippen molar-refractivity contribution in [3.05, 3.63) is 47.6 Å².